The average molecular weight is 331 g/mol. The second-order valence-electron chi connectivity index (χ2n) is 6.32. The number of likely N-dealkylation sites (N-methyl/N-ethyl adjacent to an activating group) is 1. The number of carbonyl (C=O) groups is 2. The molecule has 0 unspecified atom stereocenters. The minimum Gasteiger partial charge on any atom is -0.346 e. The number of amides is 2. The average Bonchev–Trinajstić information content (AvgIpc) is 3.10. The first-order chi connectivity index (χ1) is 10.9. The second-order valence-corrected chi connectivity index (χ2v) is 6.70. The van der Waals surface area contributed by atoms with Crippen LogP contribution < -0.4 is 5.32 Å². The lowest BCUT2D eigenvalue weighted by Gasteiger charge is -2.25. The summed E-state index contributed by atoms with van der Waals surface area (Å²) in [6.45, 7) is 4.13. The topological polar surface area (TPSA) is 54.3 Å². The molecule has 23 heavy (non-hydrogen) atoms. The quantitative estimate of drug-likeness (QED) is 0.515. The summed E-state index contributed by atoms with van der Waals surface area (Å²) in [5.41, 5.74) is 3.34. The van der Waals surface area contributed by atoms with Crippen LogP contribution in [0, 0.1) is 13.8 Å². The van der Waals surface area contributed by atoms with Gasteiger partial charge in [-0.05, 0) is 56.6 Å². The van der Waals surface area contributed by atoms with Crippen molar-refractivity contribution in [3.8, 4) is 0 Å². The Morgan fingerprint density at radius 1 is 1.26 bits per heavy atom. The Morgan fingerprint density at radius 3 is 2.57 bits per heavy atom. The van der Waals surface area contributed by atoms with Crippen LogP contribution in [-0.4, -0.2) is 33.4 Å². The molecule has 2 fully saturated rings. The third-order valence-electron chi connectivity index (χ3n) is 4.82. The minimum atomic E-state index is -0.427. The summed E-state index contributed by atoms with van der Waals surface area (Å²) in [4.78, 5) is 25.7. The molecule has 2 heterocycles. The summed E-state index contributed by atoms with van der Waals surface area (Å²) >= 11 is 4.97. The fourth-order valence-electron chi connectivity index (χ4n) is 3.57. The van der Waals surface area contributed by atoms with Crippen LogP contribution in [0.1, 0.15) is 48.7 Å². The molecule has 1 aliphatic heterocycles. The highest BCUT2D eigenvalue weighted by atomic mass is 32.1. The second kappa shape index (κ2) is 5.92. The summed E-state index contributed by atoms with van der Waals surface area (Å²) in [5, 5.41) is 2.70. The standard InChI is InChI=1S/C17H21N3O2S/c1-10-8-12(11(2)20(10)13-6-4-5-7-13)9-14-15(21)18-17(23)19(3)16(14)22/h8-9,13H,4-7H2,1-3H3,(H,18,21,23). The molecule has 122 valence electrons. The zero-order valence-electron chi connectivity index (χ0n) is 13.7. The van der Waals surface area contributed by atoms with Crippen LogP contribution in [0.4, 0.5) is 0 Å². The lowest BCUT2D eigenvalue weighted by Crippen LogP contribution is -2.52. The number of hydrogen-bond acceptors (Lipinski definition) is 3. The lowest BCUT2D eigenvalue weighted by atomic mass is 10.1. The highest BCUT2D eigenvalue weighted by molar-refractivity contribution is 7.80. The van der Waals surface area contributed by atoms with Crippen molar-refractivity contribution >= 4 is 35.2 Å². The number of aromatic nitrogens is 1. The van der Waals surface area contributed by atoms with Gasteiger partial charge in [-0.15, -0.1) is 0 Å². The van der Waals surface area contributed by atoms with Crippen LogP contribution in [0.15, 0.2) is 11.6 Å². The molecular formula is C17H21N3O2S. The minimum absolute atomic E-state index is 0.132. The molecule has 5 nitrogen and oxygen atoms in total. The molecule has 2 aliphatic rings. The first kappa shape index (κ1) is 15.9. The molecule has 0 atom stereocenters. The Morgan fingerprint density at radius 2 is 1.91 bits per heavy atom. The summed E-state index contributed by atoms with van der Waals surface area (Å²) in [7, 11) is 1.57. The highest BCUT2D eigenvalue weighted by Gasteiger charge is 2.31. The van der Waals surface area contributed by atoms with E-state index >= 15 is 0 Å². The van der Waals surface area contributed by atoms with Crippen molar-refractivity contribution in [2.45, 2.75) is 45.6 Å². The van der Waals surface area contributed by atoms with Crippen molar-refractivity contribution in [2.75, 3.05) is 7.05 Å². The number of thiocarbonyl (C=S) groups is 1. The highest BCUT2D eigenvalue weighted by Crippen LogP contribution is 2.34. The van der Waals surface area contributed by atoms with Crippen molar-refractivity contribution in [1.29, 1.82) is 0 Å². The van der Waals surface area contributed by atoms with Crippen LogP contribution in [0.25, 0.3) is 6.08 Å². The maximum absolute atomic E-state index is 12.3. The van der Waals surface area contributed by atoms with E-state index in [-0.39, 0.29) is 16.6 Å². The SMILES string of the molecule is Cc1cc(C=C2C(=O)NC(=S)N(C)C2=O)c(C)n1C1CCCC1. The van der Waals surface area contributed by atoms with Gasteiger partial charge in [-0.2, -0.15) is 0 Å². The van der Waals surface area contributed by atoms with Crippen LogP contribution in [-0.2, 0) is 9.59 Å². The van der Waals surface area contributed by atoms with Crippen molar-refractivity contribution in [1.82, 2.24) is 14.8 Å². The first-order valence-corrected chi connectivity index (χ1v) is 8.34. The van der Waals surface area contributed by atoms with Gasteiger partial charge in [0.05, 0.1) is 0 Å². The van der Waals surface area contributed by atoms with E-state index < -0.39 is 5.91 Å². The third kappa shape index (κ3) is 2.72. The molecule has 3 rings (SSSR count). The molecule has 0 radical (unpaired) electrons. The van der Waals surface area contributed by atoms with E-state index in [1.54, 1.807) is 13.1 Å². The van der Waals surface area contributed by atoms with Crippen molar-refractivity contribution in [3.63, 3.8) is 0 Å². The molecule has 0 aromatic carbocycles. The Balaban J connectivity index is 1.99. The van der Waals surface area contributed by atoms with Gasteiger partial charge >= 0.3 is 0 Å². The van der Waals surface area contributed by atoms with E-state index in [9.17, 15) is 9.59 Å². The molecule has 1 aromatic rings. The first-order valence-electron chi connectivity index (χ1n) is 7.93. The van der Waals surface area contributed by atoms with Crippen LogP contribution >= 0.6 is 12.2 Å². The number of rotatable bonds is 2. The fraction of sp³-hybridized carbons (Fsp3) is 0.471. The van der Waals surface area contributed by atoms with Crippen LogP contribution in [0.2, 0.25) is 0 Å². The number of hydrogen-bond donors (Lipinski definition) is 1. The van der Waals surface area contributed by atoms with Crippen molar-refractivity contribution < 1.29 is 9.59 Å². The van der Waals surface area contributed by atoms with Gasteiger partial charge < -0.3 is 4.57 Å². The maximum Gasteiger partial charge on any atom is 0.265 e. The van der Waals surface area contributed by atoms with E-state index in [1.165, 1.54) is 36.3 Å². The molecule has 1 N–H and O–H groups in total. The molecular weight excluding hydrogens is 310 g/mol. The van der Waals surface area contributed by atoms with Gasteiger partial charge in [0.15, 0.2) is 5.11 Å². The van der Waals surface area contributed by atoms with E-state index in [1.807, 2.05) is 6.07 Å². The summed E-state index contributed by atoms with van der Waals surface area (Å²) in [6.07, 6.45) is 6.61. The van der Waals surface area contributed by atoms with E-state index in [2.05, 4.69) is 23.7 Å². The van der Waals surface area contributed by atoms with Crippen LogP contribution in [0.5, 0.6) is 0 Å². The smallest absolute Gasteiger partial charge is 0.265 e. The predicted molar refractivity (Wildman–Crippen MR) is 92.9 cm³/mol. The Labute approximate surface area is 141 Å². The van der Waals surface area contributed by atoms with Gasteiger partial charge in [0.2, 0.25) is 0 Å². The zero-order valence-corrected chi connectivity index (χ0v) is 14.5. The van der Waals surface area contributed by atoms with Crippen molar-refractivity contribution in [3.05, 3.63) is 28.6 Å². The van der Waals surface area contributed by atoms with Crippen molar-refractivity contribution in [2.24, 2.45) is 0 Å². The largest absolute Gasteiger partial charge is 0.346 e. The number of carbonyl (C=O) groups excluding carboxylic acids is 2. The molecule has 0 spiro atoms. The normalized spacial score (nSPS) is 21.4. The van der Waals surface area contributed by atoms with Gasteiger partial charge in [-0.25, -0.2) is 0 Å². The van der Waals surface area contributed by atoms with Gasteiger partial charge in [0.1, 0.15) is 5.57 Å². The van der Waals surface area contributed by atoms with E-state index in [0.29, 0.717) is 6.04 Å². The van der Waals surface area contributed by atoms with Crippen LogP contribution in [0.3, 0.4) is 0 Å². The number of aryl methyl sites for hydroxylation is 1. The molecule has 6 heteroatoms. The van der Waals surface area contributed by atoms with Gasteiger partial charge in [-0.3, -0.25) is 19.8 Å². The Kier molecular flexibility index (Phi) is 4.10. The molecule has 1 aliphatic carbocycles. The molecule has 1 saturated carbocycles. The zero-order chi connectivity index (χ0) is 16.7. The van der Waals surface area contributed by atoms with E-state index in [4.69, 9.17) is 12.2 Å². The van der Waals surface area contributed by atoms with Gasteiger partial charge in [0, 0.05) is 24.5 Å². The predicted octanol–water partition coefficient (Wildman–Crippen LogP) is 2.48. The van der Waals surface area contributed by atoms with Gasteiger partial charge in [-0.1, -0.05) is 12.8 Å². The summed E-state index contributed by atoms with van der Waals surface area (Å²) < 4.78 is 2.35. The monoisotopic (exact) mass is 331 g/mol. The Hall–Kier alpha value is -1.95. The third-order valence-corrected chi connectivity index (χ3v) is 5.19. The van der Waals surface area contributed by atoms with Gasteiger partial charge in [0.25, 0.3) is 11.8 Å². The Bertz CT molecular complexity index is 726. The molecule has 2 amide bonds. The molecule has 1 aromatic heterocycles. The number of nitrogens with zero attached hydrogens (tertiary/aromatic N) is 2. The molecule has 1 saturated heterocycles. The molecule has 0 bridgehead atoms. The fourth-order valence-corrected chi connectivity index (χ4v) is 3.75. The van der Waals surface area contributed by atoms with E-state index in [0.717, 1.165) is 11.3 Å². The summed E-state index contributed by atoms with van der Waals surface area (Å²) in [5.74, 6) is -0.784. The summed E-state index contributed by atoms with van der Waals surface area (Å²) in [6, 6.07) is 2.59. The maximum atomic E-state index is 12.3. The lowest BCUT2D eigenvalue weighted by molar-refractivity contribution is -0.128. The number of nitrogens with one attached hydrogen (secondary N) is 1.